The van der Waals surface area contributed by atoms with Crippen LogP contribution in [-0.2, 0) is 21.8 Å². The van der Waals surface area contributed by atoms with Crippen molar-refractivity contribution in [3.05, 3.63) is 70.8 Å². The molecule has 0 unspecified atom stereocenters. The standard InChI is InChI=1S/C23H30O3/c1-7-11-18-16-19(23(5,6)26-25-22(2,3)4)14-15-20(18)21(24)17-12-9-8-10-13-17/h8-10,12-16H,7,11H2,1-6H3. The number of carbonyl (C=O) groups excluding carboxylic acids is 1. The molecule has 0 radical (unpaired) electrons. The summed E-state index contributed by atoms with van der Waals surface area (Å²) in [4.78, 5) is 24.1. The molecule has 0 saturated heterocycles. The second-order valence-electron chi connectivity index (χ2n) is 8.11. The molecular weight excluding hydrogens is 324 g/mol. The van der Waals surface area contributed by atoms with E-state index in [4.69, 9.17) is 9.78 Å². The van der Waals surface area contributed by atoms with E-state index < -0.39 is 5.60 Å². The molecule has 3 nitrogen and oxygen atoms in total. The van der Waals surface area contributed by atoms with Gasteiger partial charge >= 0.3 is 0 Å². The maximum absolute atomic E-state index is 12.9. The number of carbonyl (C=O) groups is 1. The van der Waals surface area contributed by atoms with Gasteiger partial charge in [-0.05, 0) is 52.2 Å². The third-order valence-electron chi connectivity index (χ3n) is 4.10. The zero-order chi connectivity index (χ0) is 19.4. The molecule has 0 heterocycles. The van der Waals surface area contributed by atoms with Gasteiger partial charge in [-0.2, -0.15) is 0 Å². The Morgan fingerprint density at radius 2 is 1.58 bits per heavy atom. The van der Waals surface area contributed by atoms with E-state index in [1.165, 1.54) is 0 Å². The van der Waals surface area contributed by atoms with Crippen LogP contribution >= 0.6 is 0 Å². The molecule has 0 bridgehead atoms. The molecule has 0 aliphatic carbocycles. The van der Waals surface area contributed by atoms with E-state index in [1.54, 1.807) is 0 Å². The molecule has 0 N–H and O–H groups in total. The first-order chi connectivity index (χ1) is 12.1. The van der Waals surface area contributed by atoms with Crippen molar-refractivity contribution >= 4 is 5.78 Å². The quantitative estimate of drug-likeness (QED) is 0.355. The first-order valence-corrected chi connectivity index (χ1v) is 9.24. The summed E-state index contributed by atoms with van der Waals surface area (Å²) in [7, 11) is 0. The summed E-state index contributed by atoms with van der Waals surface area (Å²) >= 11 is 0. The fourth-order valence-electron chi connectivity index (χ4n) is 2.69. The van der Waals surface area contributed by atoms with Gasteiger partial charge in [0.1, 0.15) is 5.60 Å². The van der Waals surface area contributed by atoms with Gasteiger partial charge in [-0.25, -0.2) is 9.78 Å². The molecule has 0 aromatic heterocycles. The van der Waals surface area contributed by atoms with Gasteiger partial charge < -0.3 is 0 Å². The highest BCUT2D eigenvalue weighted by molar-refractivity contribution is 6.09. The molecule has 2 aromatic rings. The van der Waals surface area contributed by atoms with Crippen molar-refractivity contribution in [3.63, 3.8) is 0 Å². The predicted molar refractivity (Wildman–Crippen MR) is 105 cm³/mol. The van der Waals surface area contributed by atoms with E-state index in [0.29, 0.717) is 5.56 Å². The molecule has 0 saturated carbocycles. The first kappa shape index (κ1) is 20.3. The van der Waals surface area contributed by atoms with Crippen molar-refractivity contribution in [3.8, 4) is 0 Å². The summed E-state index contributed by atoms with van der Waals surface area (Å²) in [5.74, 6) is 0.0604. The molecule has 26 heavy (non-hydrogen) atoms. The molecule has 0 aliphatic heterocycles. The van der Waals surface area contributed by atoms with Gasteiger partial charge in [0, 0.05) is 11.1 Å². The van der Waals surface area contributed by atoms with Gasteiger partial charge in [-0.1, -0.05) is 61.9 Å². The maximum atomic E-state index is 12.9. The van der Waals surface area contributed by atoms with E-state index in [1.807, 2.05) is 77.1 Å². The Morgan fingerprint density at radius 1 is 0.923 bits per heavy atom. The van der Waals surface area contributed by atoms with E-state index in [2.05, 4.69) is 13.0 Å². The van der Waals surface area contributed by atoms with E-state index in [-0.39, 0.29) is 11.4 Å². The highest BCUT2D eigenvalue weighted by Crippen LogP contribution is 2.30. The predicted octanol–water partition coefficient (Wildman–Crippen LogP) is 5.85. The summed E-state index contributed by atoms with van der Waals surface area (Å²) in [5, 5.41) is 0. The third kappa shape index (κ3) is 5.26. The van der Waals surface area contributed by atoms with Crippen LogP contribution in [0.1, 0.15) is 75.0 Å². The largest absolute Gasteiger partial charge is 0.289 e. The second-order valence-corrected chi connectivity index (χ2v) is 8.11. The summed E-state index contributed by atoms with van der Waals surface area (Å²) in [6.07, 6.45) is 1.82. The lowest BCUT2D eigenvalue weighted by Gasteiger charge is -2.29. The van der Waals surface area contributed by atoms with Gasteiger partial charge in [0.05, 0.1) is 5.60 Å². The number of rotatable bonds is 7. The van der Waals surface area contributed by atoms with Crippen molar-refractivity contribution in [2.45, 2.75) is 65.6 Å². The zero-order valence-corrected chi connectivity index (χ0v) is 16.8. The smallest absolute Gasteiger partial charge is 0.193 e. The van der Waals surface area contributed by atoms with Crippen LogP contribution in [-0.4, -0.2) is 11.4 Å². The minimum atomic E-state index is -0.607. The van der Waals surface area contributed by atoms with Gasteiger partial charge in [0.2, 0.25) is 0 Å². The Morgan fingerprint density at radius 3 is 2.15 bits per heavy atom. The second kappa shape index (κ2) is 8.15. The maximum Gasteiger partial charge on any atom is 0.193 e. The number of hydrogen-bond acceptors (Lipinski definition) is 3. The van der Waals surface area contributed by atoms with Gasteiger partial charge in [-0.15, -0.1) is 0 Å². The Bertz CT molecular complexity index is 740. The lowest BCUT2D eigenvalue weighted by molar-refractivity contribution is -0.401. The molecule has 3 heteroatoms. The summed E-state index contributed by atoms with van der Waals surface area (Å²) in [6.45, 7) is 11.9. The van der Waals surface area contributed by atoms with Crippen LogP contribution in [0.3, 0.4) is 0 Å². The summed E-state index contributed by atoms with van der Waals surface area (Å²) in [6, 6.07) is 15.4. The molecule has 2 aromatic carbocycles. The Hall–Kier alpha value is -1.97. The highest BCUT2D eigenvalue weighted by atomic mass is 17.2. The molecule has 140 valence electrons. The fourth-order valence-corrected chi connectivity index (χ4v) is 2.69. The number of aryl methyl sites for hydroxylation is 1. The van der Waals surface area contributed by atoms with Crippen molar-refractivity contribution in [1.82, 2.24) is 0 Å². The third-order valence-corrected chi connectivity index (χ3v) is 4.10. The minimum absolute atomic E-state index is 0.0604. The molecule has 0 atom stereocenters. The Labute approximate surface area is 157 Å². The topological polar surface area (TPSA) is 35.5 Å². The molecular formula is C23H30O3. The van der Waals surface area contributed by atoms with Crippen molar-refractivity contribution < 1.29 is 14.6 Å². The minimum Gasteiger partial charge on any atom is -0.289 e. The SMILES string of the molecule is CCCc1cc(C(C)(C)OOC(C)(C)C)ccc1C(=O)c1ccccc1. The normalized spacial score (nSPS) is 12.2. The Balaban J connectivity index is 2.35. The van der Waals surface area contributed by atoms with Crippen LogP contribution in [0.2, 0.25) is 0 Å². The molecule has 2 rings (SSSR count). The average Bonchev–Trinajstić information content (AvgIpc) is 2.60. The van der Waals surface area contributed by atoms with Crippen LogP contribution in [0.4, 0.5) is 0 Å². The van der Waals surface area contributed by atoms with Gasteiger partial charge in [0.25, 0.3) is 0 Å². The molecule has 0 amide bonds. The fraction of sp³-hybridized carbons (Fsp3) is 0.435. The highest BCUT2D eigenvalue weighted by Gasteiger charge is 2.27. The molecule has 0 aliphatic rings. The van der Waals surface area contributed by atoms with Crippen LogP contribution in [0.15, 0.2) is 48.5 Å². The van der Waals surface area contributed by atoms with Crippen molar-refractivity contribution in [2.75, 3.05) is 0 Å². The zero-order valence-electron chi connectivity index (χ0n) is 16.8. The van der Waals surface area contributed by atoms with E-state index >= 15 is 0 Å². The Kier molecular flexibility index (Phi) is 6.38. The lowest BCUT2D eigenvalue weighted by atomic mass is 9.89. The van der Waals surface area contributed by atoms with E-state index in [9.17, 15) is 4.79 Å². The van der Waals surface area contributed by atoms with E-state index in [0.717, 1.165) is 29.5 Å². The number of ketones is 1. The number of hydrogen-bond donors (Lipinski definition) is 0. The monoisotopic (exact) mass is 354 g/mol. The first-order valence-electron chi connectivity index (χ1n) is 9.24. The van der Waals surface area contributed by atoms with Crippen molar-refractivity contribution in [2.24, 2.45) is 0 Å². The molecule has 0 spiro atoms. The summed E-state index contributed by atoms with van der Waals surface area (Å²) < 4.78 is 0. The van der Waals surface area contributed by atoms with Crippen LogP contribution < -0.4 is 0 Å². The van der Waals surface area contributed by atoms with Crippen LogP contribution in [0, 0.1) is 0 Å². The lowest BCUT2D eigenvalue weighted by Crippen LogP contribution is -2.29. The van der Waals surface area contributed by atoms with Gasteiger partial charge in [-0.3, -0.25) is 4.79 Å². The molecule has 0 fully saturated rings. The van der Waals surface area contributed by atoms with Gasteiger partial charge in [0.15, 0.2) is 5.78 Å². The number of benzene rings is 2. The summed E-state index contributed by atoms with van der Waals surface area (Å²) in [5.41, 5.74) is 2.52. The van der Waals surface area contributed by atoms with Crippen LogP contribution in [0.25, 0.3) is 0 Å². The van der Waals surface area contributed by atoms with Crippen LogP contribution in [0.5, 0.6) is 0 Å². The average molecular weight is 354 g/mol. The van der Waals surface area contributed by atoms with Crippen molar-refractivity contribution in [1.29, 1.82) is 0 Å².